The summed E-state index contributed by atoms with van der Waals surface area (Å²) in [6, 6.07) is 10.8. The van der Waals surface area contributed by atoms with E-state index in [1.54, 1.807) is 6.20 Å². The smallest absolute Gasteiger partial charge is 0.138 e. The monoisotopic (exact) mass is 270 g/mol. The molecule has 0 aliphatic heterocycles. The van der Waals surface area contributed by atoms with Crippen LogP contribution in [0.15, 0.2) is 42.7 Å². The molecule has 2 aromatic rings. The Morgan fingerprint density at radius 2 is 2.05 bits per heavy atom. The van der Waals surface area contributed by atoms with Gasteiger partial charge >= 0.3 is 0 Å². The summed E-state index contributed by atoms with van der Waals surface area (Å²) in [6.45, 7) is 4.98. The van der Waals surface area contributed by atoms with E-state index in [2.05, 4.69) is 54.5 Å². The Hall–Kier alpha value is -1.87. The number of benzene rings is 1. The molecule has 0 amide bonds. The summed E-state index contributed by atoms with van der Waals surface area (Å²) in [4.78, 5) is 4.29. The van der Waals surface area contributed by atoms with Gasteiger partial charge in [0.25, 0.3) is 0 Å². The summed E-state index contributed by atoms with van der Waals surface area (Å²) >= 11 is 0. The highest BCUT2D eigenvalue weighted by Crippen LogP contribution is 2.29. The Labute approximate surface area is 121 Å². The number of pyridine rings is 1. The van der Waals surface area contributed by atoms with Gasteiger partial charge < -0.3 is 10.1 Å². The largest absolute Gasteiger partial charge is 0.492 e. The average molecular weight is 270 g/mol. The lowest BCUT2D eigenvalue weighted by atomic mass is 9.96. The summed E-state index contributed by atoms with van der Waals surface area (Å²) in [6.07, 6.45) is 4.65. The number of nitrogens with one attached hydrogen (secondary N) is 1. The molecule has 1 aromatic heterocycles. The maximum absolute atomic E-state index is 5.67. The number of hydrogen-bond acceptors (Lipinski definition) is 3. The van der Waals surface area contributed by atoms with Gasteiger partial charge in [-0.2, -0.15) is 0 Å². The number of ether oxygens (including phenoxy) is 1. The van der Waals surface area contributed by atoms with E-state index in [9.17, 15) is 0 Å². The fraction of sp³-hybridized carbons (Fsp3) is 0.353. The van der Waals surface area contributed by atoms with Crippen LogP contribution >= 0.6 is 0 Å². The average Bonchev–Trinajstić information content (AvgIpc) is 2.52. The van der Waals surface area contributed by atoms with Gasteiger partial charge in [0.05, 0.1) is 12.8 Å². The first-order valence-corrected chi connectivity index (χ1v) is 7.10. The zero-order valence-electron chi connectivity index (χ0n) is 12.4. The van der Waals surface area contributed by atoms with Crippen LogP contribution in [-0.4, -0.2) is 18.6 Å². The summed E-state index contributed by atoms with van der Waals surface area (Å²) in [5.41, 5.74) is 3.56. The number of hydrogen-bond donors (Lipinski definition) is 1. The molecule has 106 valence electrons. The highest BCUT2D eigenvalue weighted by molar-refractivity contribution is 5.68. The lowest BCUT2D eigenvalue weighted by molar-refractivity contribution is 0.316. The van der Waals surface area contributed by atoms with Crippen LogP contribution in [0.1, 0.15) is 31.9 Å². The van der Waals surface area contributed by atoms with Crippen molar-refractivity contribution in [2.75, 3.05) is 13.7 Å². The lowest BCUT2D eigenvalue weighted by Crippen LogP contribution is -2.13. The van der Waals surface area contributed by atoms with Crippen molar-refractivity contribution in [1.82, 2.24) is 10.3 Å². The zero-order valence-corrected chi connectivity index (χ0v) is 12.4. The molecule has 1 unspecified atom stereocenters. The van der Waals surface area contributed by atoms with Gasteiger partial charge in [0.15, 0.2) is 0 Å². The normalized spacial score (nSPS) is 12.2. The number of nitrogens with zero attached hydrogens (tertiary/aromatic N) is 1. The zero-order chi connectivity index (χ0) is 14.4. The van der Waals surface area contributed by atoms with Crippen LogP contribution in [0.25, 0.3) is 11.1 Å². The second kappa shape index (κ2) is 7.06. The van der Waals surface area contributed by atoms with E-state index in [0.717, 1.165) is 24.3 Å². The topological polar surface area (TPSA) is 34.1 Å². The van der Waals surface area contributed by atoms with Crippen molar-refractivity contribution >= 4 is 0 Å². The van der Waals surface area contributed by atoms with Crippen LogP contribution in [0.2, 0.25) is 0 Å². The third kappa shape index (κ3) is 3.36. The van der Waals surface area contributed by atoms with Crippen LogP contribution in [0.4, 0.5) is 0 Å². The van der Waals surface area contributed by atoms with Crippen LogP contribution in [-0.2, 0) is 0 Å². The van der Waals surface area contributed by atoms with E-state index in [0.29, 0.717) is 6.04 Å². The van der Waals surface area contributed by atoms with Gasteiger partial charge in [-0.1, -0.05) is 31.2 Å². The Kier molecular flexibility index (Phi) is 5.13. The third-order valence-corrected chi connectivity index (χ3v) is 3.36. The van der Waals surface area contributed by atoms with Crippen LogP contribution in [0, 0.1) is 0 Å². The summed E-state index contributed by atoms with van der Waals surface area (Å²) in [5, 5.41) is 3.29. The maximum Gasteiger partial charge on any atom is 0.138 e. The predicted molar refractivity (Wildman–Crippen MR) is 82.9 cm³/mol. The molecule has 0 radical (unpaired) electrons. The second-order valence-corrected chi connectivity index (χ2v) is 4.86. The maximum atomic E-state index is 5.67. The molecule has 1 N–H and O–H groups in total. The van der Waals surface area contributed by atoms with Gasteiger partial charge in [0, 0.05) is 17.8 Å². The molecule has 1 aromatic carbocycles. The Morgan fingerprint density at radius 3 is 2.80 bits per heavy atom. The molecule has 3 nitrogen and oxygen atoms in total. The molecule has 0 spiro atoms. The van der Waals surface area contributed by atoms with E-state index in [1.807, 2.05) is 13.2 Å². The first-order valence-electron chi connectivity index (χ1n) is 7.10. The predicted octanol–water partition coefficient (Wildman–Crippen LogP) is 3.82. The van der Waals surface area contributed by atoms with Crippen molar-refractivity contribution in [3.63, 3.8) is 0 Å². The molecule has 0 bridgehead atoms. The lowest BCUT2D eigenvalue weighted by Gasteiger charge is -2.16. The summed E-state index contributed by atoms with van der Waals surface area (Å²) in [5.74, 6) is 0.830. The van der Waals surface area contributed by atoms with Crippen LogP contribution < -0.4 is 10.1 Å². The molecular weight excluding hydrogens is 248 g/mol. The molecule has 3 heteroatoms. The molecule has 20 heavy (non-hydrogen) atoms. The van der Waals surface area contributed by atoms with Gasteiger partial charge in [-0.05, 0) is 37.6 Å². The van der Waals surface area contributed by atoms with Crippen molar-refractivity contribution in [2.45, 2.75) is 26.3 Å². The summed E-state index contributed by atoms with van der Waals surface area (Å²) in [7, 11) is 1.97. The van der Waals surface area contributed by atoms with Crippen molar-refractivity contribution < 1.29 is 4.74 Å². The SMILES string of the molecule is CCCOc1cncc(-c2ccccc2C(C)NC)c1. The van der Waals surface area contributed by atoms with E-state index in [4.69, 9.17) is 4.74 Å². The Balaban J connectivity index is 2.36. The molecule has 0 aliphatic rings. The second-order valence-electron chi connectivity index (χ2n) is 4.86. The van der Waals surface area contributed by atoms with Gasteiger partial charge in [0.1, 0.15) is 5.75 Å². The van der Waals surface area contributed by atoms with Gasteiger partial charge in [0.2, 0.25) is 0 Å². The third-order valence-electron chi connectivity index (χ3n) is 3.36. The molecule has 1 heterocycles. The Morgan fingerprint density at radius 1 is 1.25 bits per heavy atom. The van der Waals surface area contributed by atoms with Gasteiger partial charge in [-0.3, -0.25) is 4.98 Å². The minimum absolute atomic E-state index is 0.298. The van der Waals surface area contributed by atoms with Crippen LogP contribution in [0.5, 0.6) is 5.75 Å². The Bertz CT molecular complexity index is 554. The first kappa shape index (κ1) is 14.5. The van der Waals surface area contributed by atoms with Crippen LogP contribution in [0.3, 0.4) is 0 Å². The molecular formula is C17H22N2O. The van der Waals surface area contributed by atoms with E-state index in [-0.39, 0.29) is 0 Å². The minimum Gasteiger partial charge on any atom is -0.492 e. The quantitative estimate of drug-likeness (QED) is 0.866. The van der Waals surface area contributed by atoms with Gasteiger partial charge in [-0.25, -0.2) is 0 Å². The van der Waals surface area contributed by atoms with E-state index in [1.165, 1.54) is 11.1 Å². The summed E-state index contributed by atoms with van der Waals surface area (Å²) < 4.78 is 5.67. The van der Waals surface area contributed by atoms with Crippen molar-refractivity contribution in [2.24, 2.45) is 0 Å². The highest BCUT2D eigenvalue weighted by Gasteiger charge is 2.10. The number of aromatic nitrogens is 1. The van der Waals surface area contributed by atoms with Crippen molar-refractivity contribution in [3.8, 4) is 16.9 Å². The fourth-order valence-electron chi connectivity index (χ4n) is 2.16. The molecule has 0 fully saturated rings. The minimum atomic E-state index is 0.298. The molecule has 2 rings (SSSR count). The highest BCUT2D eigenvalue weighted by atomic mass is 16.5. The van der Waals surface area contributed by atoms with Crippen molar-refractivity contribution in [1.29, 1.82) is 0 Å². The molecule has 0 saturated carbocycles. The molecule has 0 aliphatic carbocycles. The van der Waals surface area contributed by atoms with E-state index < -0.39 is 0 Å². The number of rotatable bonds is 6. The molecule has 1 atom stereocenters. The standard InChI is InChI=1S/C17H22N2O/c1-4-9-20-15-10-14(11-19-12-15)17-8-6-5-7-16(17)13(2)18-3/h5-8,10-13,18H,4,9H2,1-3H3. The van der Waals surface area contributed by atoms with Gasteiger partial charge in [-0.15, -0.1) is 0 Å². The van der Waals surface area contributed by atoms with E-state index >= 15 is 0 Å². The molecule has 0 saturated heterocycles. The first-order chi connectivity index (χ1) is 9.76. The fourth-order valence-corrected chi connectivity index (χ4v) is 2.16. The van der Waals surface area contributed by atoms with Crippen molar-refractivity contribution in [3.05, 3.63) is 48.3 Å².